The van der Waals surface area contributed by atoms with Gasteiger partial charge in [0.25, 0.3) is 0 Å². The molecule has 0 unspecified atom stereocenters. The van der Waals surface area contributed by atoms with Crippen LogP contribution in [0.4, 0.5) is 0 Å². The summed E-state index contributed by atoms with van der Waals surface area (Å²) in [5, 5.41) is 14.0. The van der Waals surface area contributed by atoms with E-state index in [1.807, 2.05) is 61.5 Å². The predicted molar refractivity (Wildman–Crippen MR) is 167 cm³/mol. The van der Waals surface area contributed by atoms with Crippen LogP contribution in [0.25, 0.3) is 0 Å². The number of amides is 5. The van der Waals surface area contributed by atoms with E-state index in [1.54, 1.807) is 6.20 Å². The summed E-state index contributed by atoms with van der Waals surface area (Å²) >= 11 is 0. The number of imidazole rings is 1. The molecule has 0 saturated heterocycles. The van der Waals surface area contributed by atoms with Crippen molar-refractivity contribution in [2.24, 2.45) is 0 Å². The van der Waals surface area contributed by atoms with Crippen molar-refractivity contribution in [3.8, 4) is 0 Å². The Morgan fingerprint density at radius 2 is 1.53 bits per heavy atom. The Morgan fingerprint density at radius 3 is 2.20 bits per heavy atom. The fraction of sp³-hybridized carbons (Fsp3) is 0.394. The molecule has 0 spiro atoms. The van der Waals surface area contributed by atoms with Crippen LogP contribution >= 0.6 is 0 Å². The number of H-pyrrole nitrogens is 1. The molecule has 0 bridgehead atoms. The van der Waals surface area contributed by atoms with E-state index < -0.39 is 47.8 Å². The van der Waals surface area contributed by atoms with Crippen molar-refractivity contribution in [3.05, 3.63) is 89.5 Å². The zero-order chi connectivity index (χ0) is 32.2. The second-order valence-corrected chi connectivity index (χ2v) is 11.2. The summed E-state index contributed by atoms with van der Waals surface area (Å²) in [6, 6.07) is 13.1. The number of nitrogens with zero attached hydrogens (tertiary/aromatic N) is 1. The number of unbranched alkanes of at least 4 members (excludes halogenated alkanes) is 1. The second-order valence-electron chi connectivity index (χ2n) is 11.2. The van der Waals surface area contributed by atoms with Gasteiger partial charge in [0.05, 0.1) is 6.33 Å². The number of carbonyl (C=O) groups is 5. The maximum atomic E-state index is 13.8. The van der Waals surface area contributed by atoms with Crippen molar-refractivity contribution in [2.75, 3.05) is 0 Å². The predicted octanol–water partition coefficient (Wildman–Crippen LogP) is 1.22. The molecule has 4 rings (SSSR count). The first-order valence-electron chi connectivity index (χ1n) is 15.3. The molecule has 238 valence electrons. The molecule has 3 aromatic rings. The minimum atomic E-state index is -1.05. The molecular formula is C33H41N7O5. The monoisotopic (exact) mass is 615 g/mol. The fourth-order valence-electron chi connectivity index (χ4n) is 5.29. The van der Waals surface area contributed by atoms with Crippen molar-refractivity contribution in [2.45, 2.75) is 83.1 Å². The van der Waals surface area contributed by atoms with Crippen LogP contribution in [0.2, 0.25) is 0 Å². The number of aromatic amines is 1. The molecule has 0 saturated carbocycles. The topological polar surface area (TPSA) is 174 Å². The SMILES string of the molecule is CCCC[C@H](NC(=O)[C@@H](Cc1ccccc1)NC(=O)[C@H](Cc1cnc[nH]1)NC(C)=O)C(=O)N[C@H]1Cc2ccccc2CNC1=O. The molecule has 6 N–H and O–H groups in total. The van der Waals surface area contributed by atoms with Gasteiger partial charge in [0.2, 0.25) is 29.5 Å². The third kappa shape index (κ3) is 9.75. The van der Waals surface area contributed by atoms with Crippen LogP contribution in [0, 0.1) is 0 Å². The minimum Gasteiger partial charge on any atom is -0.350 e. The highest BCUT2D eigenvalue weighted by molar-refractivity contribution is 5.95. The Kier molecular flexibility index (Phi) is 11.8. The largest absolute Gasteiger partial charge is 0.350 e. The van der Waals surface area contributed by atoms with E-state index in [2.05, 4.69) is 36.6 Å². The number of rotatable bonds is 14. The first-order valence-corrected chi connectivity index (χ1v) is 15.3. The van der Waals surface area contributed by atoms with Gasteiger partial charge in [0, 0.05) is 44.6 Å². The number of benzene rings is 2. The molecule has 1 aromatic heterocycles. The lowest BCUT2D eigenvalue weighted by molar-refractivity contribution is -0.134. The number of carbonyl (C=O) groups excluding carboxylic acids is 5. The van der Waals surface area contributed by atoms with Gasteiger partial charge in [-0.2, -0.15) is 0 Å². The minimum absolute atomic E-state index is 0.138. The van der Waals surface area contributed by atoms with Gasteiger partial charge >= 0.3 is 0 Å². The Labute approximate surface area is 262 Å². The highest BCUT2D eigenvalue weighted by Gasteiger charge is 2.32. The molecule has 0 aliphatic carbocycles. The second kappa shape index (κ2) is 16.2. The van der Waals surface area contributed by atoms with Crippen LogP contribution in [-0.4, -0.2) is 63.7 Å². The number of hydrogen-bond acceptors (Lipinski definition) is 6. The van der Waals surface area contributed by atoms with Gasteiger partial charge in [-0.15, -0.1) is 0 Å². The molecule has 12 heteroatoms. The van der Waals surface area contributed by atoms with Gasteiger partial charge < -0.3 is 31.6 Å². The third-order valence-corrected chi connectivity index (χ3v) is 7.70. The number of fused-ring (bicyclic) bond motifs is 1. The van der Waals surface area contributed by atoms with Crippen molar-refractivity contribution < 1.29 is 24.0 Å². The quantitative estimate of drug-likeness (QED) is 0.159. The molecular weight excluding hydrogens is 574 g/mol. The Morgan fingerprint density at radius 1 is 0.867 bits per heavy atom. The molecule has 5 amide bonds. The van der Waals surface area contributed by atoms with E-state index in [-0.39, 0.29) is 18.7 Å². The molecule has 0 radical (unpaired) electrons. The van der Waals surface area contributed by atoms with Gasteiger partial charge in [-0.05, 0) is 23.1 Å². The van der Waals surface area contributed by atoms with Crippen molar-refractivity contribution in [1.29, 1.82) is 0 Å². The number of nitrogens with one attached hydrogen (secondary N) is 6. The maximum absolute atomic E-state index is 13.8. The third-order valence-electron chi connectivity index (χ3n) is 7.70. The fourth-order valence-corrected chi connectivity index (χ4v) is 5.29. The highest BCUT2D eigenvalue weighted by atomic mass is 16.2. The summed E-state index contributed by atoms with van der Waals surface area (Å²) in [5.41, 5.74) is 3.38. The van der Waals surface area contributed by atoms with E-state index in [0.29, 0.717) is 31.5 Å². The van der Waals surface area contributed by atoms with Gasteiger partial charge in [0.1, 0.15) is 24.2 Å². The summed E-state index contributed by atoms with van der Waals surface area (Å²) in [6.45, 7) is 3.66. The van der Waals surface area contributed by atoms with E-state index >= 15 is 0 Å². The normalized spacial score (nSPS) is 16.1. The van der Waals surface area contributed by atoms with Gasteiger partial charge in [-0.1, -0.05) is 74.4 Å². The summed E-state index contributed by atoms with van der Waals surface area (Å²) in [4.78, 5) is 72.5. The molecule has 4 atom stereocenters. The molecule has 12 nitrogen and oxygen atoms in total. The lowest BCUT2D eigenvalue weighted by Gasteiger charge is -2.26. The zero-order valence-electron chi connectivity index (χ0n) is 25.6. The molecule has 2 heterocycles. The Balaban J connectivity index is 1.51. The average Bonchev–Trinajstić information content (AvgIpc) is 3.49. The summed E-state index contributed by atoms with van der Waals surface area (Å²) in [5.74, 6) is -2.28. The molecule has 2 aromatic carbocycles. The summed E-state index contributed by atoms with van der Waals surface area (Å²) in [7, 11) is 0. The molecule has 45 heavy (non-hydrogen) atoms. The molecule has 1 aliphatic heterocycles. The first kappa shape index (κ1) is 32.9. The summed E-state index contributed by atoms with van der Waals surface area (Å²) < 4.78 is 0. The van der Waals surface area contributed by atoms with Crippen molar-refractivity contribution in [1.82, 2.24) is 36.6 Å². The van der Waals surface area contributed by atoms with Gasteiger partial charge in [-0.3, -0.25) is 24.0 Å². The van der Waals surface area contributed by atoms with E-state index in [9.17, 15) is 24.0 Å². The van der Waals surface area contributed by atoms with Crippen LogP contribution in [0.5, 0.6) is 0 Å². The zero-order valence-corrected chi connectivity index (χ0v) is 25.6. The van der Waals surface area contributed by atoms with Crippen LogP contribution in [0.15, 0.2) is 67.1 Å². The van der Waals surface area contributed by atoms with E-state index in [4.69, 9.17) is 0 Å². The smallest absolute Gasteiger partial charge is 0.243 e. The van der Waals surface area contributed by atoms with Crippen LogP contribution in [0.1, 0.15) is 55.5 Å². The standard InChI is InChI=1S/C33H41N7O5/c1-3-4-14-26(31(43)40-28-16-23-12-8-9-13-24(23)18-35-30(28)42)38-32(44)27(15-22-10-6-5-7-11-22)39-33(45)29(37-21(2)41)17-25-19-34-20-36-25/h5-13,19-20,26-29H,3-4,14-18H2,1-2H3,(H,34,36)(H,35,42)(H,37,41)(H,38,44)(H,39,45)(H,40,43)/t26-,27+,28-,29-/m0/s1. The Bertz CT molecular complexity index is 1460. The first-order chi connectivity index (χ1) is 21.7. The molecule has 0 fully saturated rings. The van der Waals surface area contributed by atoms with Gasteiger partial charge in [0.15, 0.2) is 0 Å². The summed E-state index contributed by atoms with van der Waals surface area (Å²) in [6.07, 6.45) is 5.44. The van der Waals surface area contributed by atoms with Gasteiger partial charge in [-0.25, -0.2) is 4.98 Å². The lowest BCUT2D eigenvalue weighted by Crippen LogP contribution is -2.59. The van der Waals surface area contributed by atoms with Crippen molar-refractivity contribution in [3.63, 3.8) is 0 Å². The van der Waals surface area contributed by atoms with Crippen molar-refractivity contribution >= 4 is 29.5 Å². The van der Waals surface area contributed by atoms with E-state index in [0.717, 1.165) is 23.1 Å². The van der Waals surface area contributed by atoms with Crippen LogP contribution < -0.4 is 26.6 Å². The van der Waals surface area contributed by atoms with E-state index in [1.165, 1.54) is 13.3 Å². The Hall–Kier alpha value is -5.00. The number of hydrogen-bond donors (Lipinski definition) is 6. The van der Waals surface area contributed by atoms with Crippen LogP contribution in [0.3, 0.4) is 0 Å². The maximum Gasteiger partial charge on any atom is 0.243 e. The molecule has 1 aliphatic rings. The van der Waals surface area contributed by atoms with Crippen LogP contribution in [-0.2, 0) is 49.8 Å². The number of aromatic nitrogens is 2. The average molecular weight is 616 g/mol. The lowest BCUT2D eigenvalue weighted by atomic mass is 10.0. The highest BCUT2D eigenvalue weighted by Crippen LogP contribution is 2.15.